The van der Waals surface area contributed by atoms with E-state index in [9.17, 15) is 24.3 Å². The van der Waals surface area contributed by atoms with E-state index in [4.69, 9.17) is 11.5 Å². The molecule has 0 saturated heterocycles. The summed E-state index contributed by atoms with van der Waals surface area (Å²) in [5.41, 5.74) is 14.6. The molecule has 0 bridgehead atoms. The molecular weight excluding hydrogens is 576 g/mol. The van der Waals surface area contributed by atoms with Crippen LogP contribution in [0.2, 0.25) is 0 Å². The molecule has 2 aromatic carbocycles. The summed E-state index contributed by atoms with van der Waals surface area (Å²) >= 11 is 0. The maximum absolute atomic E-state index is 13.9. The average Bonchev–Trinajstić information content (AvgIpc) is 3.70. The summed E-state index contributed by atoms with van der Waals surface area (Å²) in [6.45, 7) is 0.482. The minimum atomic E-state index is -1.28. The molecule has 0 aliphatic heterocycles. The number of rotatable bonds is 17. The molecule has 2 aromatic heterocycles. The molecule has 238 valence electrons. The predicted molar refractivity (Wildman–Crippen MR) is 169 cm³/mol. The summed E-state index contributed by atoms with van der Waals surface area (Å²) in [4.78, 5) is 62.5. The van der Waals surface area contributed by atoms with Crippen LogP contribution in [0.1, 0.15) is 36.1 Å². The summed E-state index contributed by atoms with van der Waals surface area (Å²) in [6.07, 6.45) is 6.62. The van der Waals surface area contributed by atoms with Crippen LogP contribution in [0.3, 0.4) is 0 Å². The molecule has 4 aromatic rings. The number of nitrogens with one attached hydrogen (secondary N) is 5. The Labute approximate surface area is 260 Å². The normalized spacial score (nSPS) is 13.8. The molecule has 0 radical (unpaired) electrons. The second-order valence-electron chi connectivity index (χ2n) is 10.9. The highest BCUT2D eigenvalue weighted by molar-refractivity contribution is 5.95. The molecule has 13 nitrogen and oxygen atoms in total. The quantitative estimate of drug-likeness (QED) is 0.0795. The highest BCUT2D eigenvalue weighted by Crippen LogP contribution is 2.19. The van der Waals surface area contributed by atoms with Gasteiger partial charge in [-0.3, -0.25) is 14.4 Å². The minimum Gasteiger partial charge on any atom is -0.480 e. The number of aromatic nitrogens is 3. The van der Waals surface area contributed by atoms with E-state index in [1.54, 1.807) is 30.5 Å². The lowest BCUT2D eigenvalue weighted by molar-refractivity contribution is -0.142. The molecule has 0 fully saturated rings. The Bertz CT molecular complexity index is 1560. The van der Waals surface area contributed by atoms with Crippen molar-refractivity contribution >= 4 is 34.6 Å². The first-order valence-corrected chi connectivity index (χ1v) is 14.9. The molecule has 4 rings (SSSR count). The first kappa shape index (κ1) is 32.9. The molecule has 0 aliphatic rings. The number of carboxylic acids is 1. The Balaban J connectivity index is 1.57. The molecule has 45 heavy (non-hydrogen) atoms. The molecule has 0 saturated carbocycles. The number of para-hydroxylation sites is 1. The second-order valence-corrected chi connectivity index (χ2v) is 10.9. The van der Waals surface area contributed by atoms with Gasteiger partial charge in [0.2, 0.25) is 17.7 Å². The third-order valence-electron chi connectivity index (χ3n) is 7.55. The number of carbonyl (C=O) groups is 4. The standard InChI is InChI=1S/C32H40N8O5/c33-13-7-6-11-24(34)29(41)38-27(15-21-17-36-25-12-5-4-10-23(21)25)31(43)39-26(14-20-8-2-1-3-9-20)30(42)40-28(32(44)45)16-22-18-35-19-37-22/h1-5,8-10,12,17-19,24,26-28,36H,6-7,11,13-16,33-34H2,(H,35,37)(H,38,41)(H,39,43)(H,40,42)(H,44,45). The number of hydrogen-bond donors (Lipinski definition) is 8. The zero-order valence-corrected chi connectivity index (χ0v) is 24.9. The van der Waals surface area contributed by atoms with Crippen LogP contribution in [-0.4, -0.2) is 74.5 Å². The van der Waals surface area contributed by atoms with E-state index in [0.717, 1.165) is 22.0 Å². The van der Waals surface area contributed by atoms with Gasteiger partial charge in [0.05, 0.1) is 12.4 Å². The first-order valence-electron chi connectivity index (χ1n) is 14.9. The lowest BCUT2D eigenvalue weighted by Crippen LogP contribution is -2.58. The number of amides is 3. The van der Waals surface area contributed by atoms with E-state index in [0.29, 0.717) is 31.5 Å². The summed E-state index contributed by atoms with van der Waals surface area (Å²) in [5, 5.41) is 18.8. The smallest absolute Gasteiger partial charge is 0.326 e. The number of benzene rings is 2. The number of carbonyl (C=O) groups excluding carboxylic acids is 3. The van der Waals surface area contributed by atoms with E-state index in [2.05, 4.69) is 30.9 Å². The van der Waals surface area contributed by atoms with Gasteiger partial charge in [-0.05, 0) is 36.6 Å². The molecule has 4 unspecified atom stereocenters. The van der Waals surface area contributed by atoms with E-state index < -0.39 is 47.9 Å². The first-order chi connectivity index (χ1) is 21.7. The van der Waals surface area contributed by atoms with Crippen LogP contribution in [0, 0.1) is 0 Å². The molecule has 4 atom stereocenters. The van der Waals surface area contributed by atoms with E-state index in [-0.39, 0.29) is 19.3 Å². The number of fused-ring (bicyclic) bond motifs is 1. The fourth-order valence-electron chi connectivity index (χ4n) is 5.07. The number of hydrogen-bond acceptors (Lipinski definition) is 7. The van der Waals surface area contributed by atoms with Crippen molar-refractivity contribution in [2.24, 2.45) is 11.5 Å². The van der Waals surface area contributed by atoms with Gasteiger partial charge in [0, 0.05) is 48.3 Å². The Morgan fingerprint density at radius 3 is 2.16 bits per heavy atom. The Hall–Kier alpha value is -5.01. The van der Waals surface area contributed by atoms with E-state index in [1.807, 2.05) is 30.3 Å². The molecule has 13 heteroatoms. The van der Waals surface area contributed by atoms with Gasteiger partial charge >= 0.3 is 5.97 Å². The topological polar surface area (TPSA) is 221 Å². The second kappa shape index (κ2) is 16.2. The van der Waals surface area contributed by atoms with E-state index in [1.165, 1.54) is 12.5 Å². The van der Waals surface area contributed by atoms with Crippen molar-refractivity contribution in [2.45, 2.75) is 62.7 Å². The number of nitrogens with two attached hydrogens (primary N) is 2. The molecule has 10 N–H and O–H groups in total. The van der Waals surface area contributed by atoms with Gasteiger partial charge in [-0.25, -0.2) is 9.78 Å². The number of aliphatic carboxylic acids is 1. The summed E-state index contributed by atoms with van der Waals surface area (Å²) < 4.78 is 0. The summed E-state index contributed by atoms with van der Waals surface area (Å²) in [7, 11) is 0. The number of H-pyrrole nitrogens is 2. The van der Waals surface area contributed by atoms with Crippen LogP contribution < -0.4 is 27.4 Å². The van der Waals surface area contributed by atoms with Gasteiger partial charge in [0.25, 0.3) is 0 Å². The van der Waals surface area contributed by atoms with Crippen LogP contribution in [0.4, 0.5) is 0 Å². The SMILES string of the molecule is NCCCCC(N)C(=O)NC(Cc1c[nH]c2ccccc12)C(=O)NC(Cc1ccccc1)C(=O)NC(Cc1cnc[nH]1)C(=O)O. The van der Waals surface area contributed by atoms with Gasteiger partial charge in [0.15, 0.2) is 0 Å². The average molecular weight is 617 g/mol. The van der Waals surface area contributed by atoms with Gasteiger partial charge in [-0.1, -0.05) is 55.0 Å². The minimum absolute atomic E-state index is 0.0334. The highest BCUT2D eigenvalue weighted by atomic mass is 16.4. The fraction of sp³-hybridized carbons (Fsp3) is 0.344. The van der Waals surface area contributed by atoms with Crippen molar-refractivity contribution in [1.82, 2.24) is 30.9 Å². The molecule has 2 heterocycles. The number of imidazole rings is 1. The van der Waals surface area contributed by atoms with Gasteiger partial charge in [-0.2, -0.15) is 0 Å². The molecule has 3 amide bonds. The van der Waals surface area contributed by atoms with Gasteiger partial charge in [-0.15, -0.1) is 0 Å². The molecular formula is C32H40N8O5. The number of carboxylic acid groups (broad SMARTS) is 1. The number of unbranched alkanes of at least 4 members (excludes halogenated alkanes) is 1. The van der Waals surface area contributed by atoms with E-state index >= 15 is 0 Å². The van der Waals surface area contributed by atoms with Crippen molar-refractivity contribution in [1.29, 1.82) is 0 Å². The van der Waals surface area contributed by atoms with Crippen LogP contribution in [0.25, 0.3) is 10.9 Å². The fourth-order valence-corrected chi connectivity index (χ4v) is 5.07. The summed E-state index contributed by atoms with van der Waals surface area (Å²) in [5.74, 6) is -3.04. The van der Waals surface area contributed by atoms with Crippen LogP contribution in [0.15, 0.2) is 73.3 Å². The van der Waals surface area contributed by atoms with Crippen molar-refractivity contribution < 1.29 is 24.3 Å². The third-order valence-corrected chi connectivity index (χ3v) is 7.55. The zero-order chi connectivity index (χ0) is 32.2. The molecule has 0 spiro atoms. The predicted octanol–water partition coefficient (Wildman–Crippen LogP) is 0.914. The Morgan fingerprint density at radius 2 is 1.47 bits per heavy atom. The largest absolute Gasteiger partial charge is 0.480 e. The maximum atomic E-state index is 13.9. The van der Waals surface area contributed by atoms with Gasteiger partial charge in [0.1, 0.15) is 18.1 Å². The van der Waals surface area contributed by atoms with Gasteiger partial charge < -0.3 is 42.5 Å². The Morgan fingerprint density at radius 1 is 0.800 bits per heavy atom. The van der Waals surface area contributed by atoms with Crippen LogP contribution in [-0.2, 0) is 38.4 Å². The maximum Gasteiger partial charge on any atom is 0.326 e. The monoisotopic (exact) mass is 616 g/mol. The van der Waals surface area contributed by atoms with Crippen molar-refractivity contribution in [3.05, 3.63) is 90.1 Å². The number of nitrogens with zero attached hydrogens (tertiary/aromatic N) is 1. The highest BCUT2D eigenvalue weighted by Gasteiger charge is 2.31. The van der Waals surface area contributed by atoms with Crippen LogP contribution >= 0.6 is 0 Å². The summed E-state index contributed by atoms with van der Waals surface area (Å²) in [6, 6.07) is 12.3. The molecule has 0 aliphatic carbocycles. The van der Waals surface area contributed by atoms with Crippen molar-refractivity contribution in [3.8, 4) is 0 Å². The zero-order valence-electron chi connectivity index (χ0n) is 24.9. The lowest BCUT2D eigenvalue weighted by Gasteiger charge is -2.25. The lowest BCUT2D eigenvalue weighted by atomic mass is 10.0. The van der Waals surface area contributed by atoms with Crippen molar-refractivity contribution in [3.63, 3.8) is 0 Å². The number of aromatic amines is 2. The van der Waals surface area contributed by atoms with Crippen molar-refractivity contribution in [2.75, 3.05) is 6.54 Å². The third kappa shape index (κ3) is 9.49. The Kier molecular flexibility index (Phi) is 11.8. The van der Waals surface area contributed by atoms with Crippen LogP contribution in [0.5, 0.6) is 0 Å².